The van der Waals surface area contributed by atoms with Gasteiger partial charge in [-0.25, -0.2) is 9.97 Å². The van der Waals surface area contributed by atoms with Crippen LogP contribution in [0.5, 0.6) is 0 Å². The molecule has 0 spiro atoms. The predicted molar refractivity (Wildman–Crippen MR) is 105 cm³/mol. The van der Waals surface area contributed by atoms with Gasteiger partial charge in [-0.05, 0) is 30.7 Å². The molecule has 4 rings (SSSR count). The predicted octanol–water partition coefficient (Wildman–Crippen LogP) is 3.66. The number of aromatic nitrogens is 3. The van der Waals surface area contributed by atoms with E-state index < -0.39 is 0 Å². The van der Waals surface area contributed by atoms with E-state index in [-0.39, 0.29) is 6.61 Å². The van der Waals surface area contributed by atoms with Crippen LogP contribution in [-0.4, -0.2) is 26.2 Å². The van der Waals surface area contributed by atoms with Crippen LogP contribution in [0.4, 0.5) is 5.82 Å². The summed E-state index contributed by atoms with van der Waals surface area (Å²) in [5, 5.41) is 14.1. The van der Waals surface area contributed by atoms with Crippen molar-refractivity contribution < 1.29 is 5.11 Å². The molecule has 26 heavy (non-hydrogen) atoms. The zero-order chi connectivity index (χ0) is 17.9. The number of aliphatic hydroxyl groups is 1. The standard InChI is InChI=1S/C21H22N4O/c1-25-19-10-5-4-9-18(19)23-20(25)11-6-12-22-21-16(14-26)13-15-7-2-3-8-17(15)24-21/h2-5,7-10,13,26H,6,11-12,14H2,1H3,(H,22,24). The number of hydrogen-bond acceptors (Lipinski definition) is 4. The summed E-state index contributed by atoms with van der Waals surface area (Å²) in [6.07, 6.45) is 1.83. The first-order chi connectivity index (χ1) is 12.8. The van der Waals surface area contributed by atoms with Crippen molar-refractivity contribution in [3.8, 4) is 0 Å². The third-order valence-electron chi connectivity index (χ3n) is 4.72. The highest BCUT2D eigenvalue weighted by molar-refractivity contribution is 5.81. The van der Waals surface area contributed by atoms with Gasteiger partial charge in [0.05, 0.1) is 23.2 Å². The lowest BCUT2D eigenvalue weighted by Gasteiger charge is -2.11. The number of fused-ring (bicyclic) bond motifs is 2. The van der Waals surface area contributed by atoms with Gasteiger partial charge in [-0.2, -0.15) is 0 Å². The molecule has 132 valence electrons. The number of aliphatic hydroxyl groups excluding tert-OH is 1. The van der Waals surface area contributed by atoms with Gasteiger partial charge in [-0.15, -0.1) is 0 Å². The summed E-state index contributed by atoms with van der Waals surface area (Å²) < 4.78 is 2.16. The Morgan fingerprint density at radius 2 is 1.77 bits per heavy atom. The molecule has 0 aliphatic carbocycles. The minimum absolute atomic E-state index is 0.0229. The van der Waals surface area contributed by atoms with Gasteiger partial charge < -0.3 is 15.0 Å². The molecule has 2 N–H and O–H groups in total. The molecule has 0 aliphatic rings. The number of pyridine rings is 1. The summed E-state index contributed by atoms with van der Waals surface area (Å²) in [4.78, 5) is 9.36. The summed E-state index contributed by atoms with van der Waals surface area (Å²) in [6.45, 7) is 0.756. The van der Waals surface area contributed by atoms with E-state index in [1.54, 1.807) is 0 Å². The number of rotatable bonds is 6. The number of imidazole rings is 1. The molecular weight excluding hydrogens is 324 g/mol. The van der Waals surface area contributed by atoms with E-state index in [4.69, 9.17) is 4.98 Å². The number of para-hydroxylation sites is 3. The van der Waals surface area contributed by atoms with Crippen molar-refractivity contribution in [1.29, 1.82) is 0 Å². The van der Waals surface area contributed by atoms with Crippen molar-refractivity contribution >= 4 is 27.8 Å². The molecule has 2 heterocycles. The molecule has 0 saturated carbocycles. The largest absolute Gasteiger partial charge is 0.392 e. The van der Waals surface area contributed by atoms with E-state index in [2.05, 4.69) is 28.0 Å². The summed E-state index contributed by atoms with van der Waals surface area (Å²) in [7, 11) is 2.06. The molecule has 0 bridgehead atoms. The van der Waals surface area contributed by atoms with Gasteiger partial charge in [-0.3, -0.25) is 0 Å². The fourth-order valence-corrected chi connectivity index (χ4v) is 3.31. The maximum absolute atomic E-state index is 9.64. The maximum Gasteiger partial charge on any atom is 0.132 e. The third kappa shape index (κ3) is 3.13. The van der Waals surface area contributed by atoms with Crippen LogP contribution >= 0.6 is 0 Å². The molecule has 2 aromatic heterocycles. The monoisotopic (exact) mass is 346 g/mol. The second-order valence-electron chi connectivity index (χ2n) is 6.45. The fraction of sp³-hybridized carbons (Fsp3) is 0.238. The summed E-state index contributed by atoms with van der Waals surface area (Å²) in [5.41, 5.74) is 3.96. The highest BCUT2D eigenvalue weighted by Crippen LogP contribution is 2.21. The first kappa shape index (κ1) is 16.5. The summed E-state index contributed by atoms with van der Waals surface area (Å²) in [5.74, 6) is 1.85. The van der Waals surface area contributed by atoms with Crippen LogP contribution in [0.3, 0.4) is 0 Å². The molecule has 2 aromatic carbocycles. The lowest BCUT2D eigenvalue weighted by molar-refractivity contribution is 0.282. The van der Waals surface area contributed by atoms with Crippen LogP contribution in [0.1, 0.15) is 17.8 Å². The van der Waals surface area contributed by atoms with Crippen molar-refractivity contribution in [3.63, 3.8) is 0 Å². The molecule has 0 radical (unpaired) electrons. The number of nitrogens with zero attached hydrogens (tertiary/aromatic N) is 3. The van der Waals surface area contributed by atoms with E-state index in [0.717, 1.165) is 58.5 Å². The first-order valence-corrected chi connectivity index (χ1v) is 8.90. The SMILES string of the molecule is Cn1c(CCCNc2nc3ccccc3cc2CO)nc2ccccc21. The topological polar surface area (TPSA) is 63.0 Å². The summed E-state index contributed by atoms with van der Waals surface area (Å²) in [6, 6.07) is 18.1. The third-order valence-corrected chi connectivity index (χ3v) is 4.72. The molecule has 0 unspecified atom stereocenters. The molecule has 0 aliphatic heterocycles. The molecule has 0 saturated heterocycles. The number of hydrogen-bond donors (Lipinski definition) is 2. The van der Waals surface area contributed by atoms with Gasteiger partial charge in [0, 0.05) is 31.0 Å². The van der Waals surface area contributed by atoms with Crippen molar-refractivity contribution in [2.24, 2.45) is 7.05 Å². The molecule has 5 nitrogen and oxygen atoms in total. The molecule has 0 atom stereocenters. The minimum atomic E-state index is -0.0229. The van der Waals surface area contributed by atoms with E-state index in [1.165, 1.54) is 0 Å². The van der Waals surface area contributed by atoms with Gasteiger partial charge in [0.1, 0.15) is 11.6 Å². The maximum atomic E-state index is 9.64. The van der Waals surface area contributed by atoms with E-state index in [1.807, 2.05) is 48.5 Å². The quantitative estimate of drug-likeness (QED) is 0.523. The molecule has 0 fully saturated rings. The lowest BCUT2D eigenvalue weighted by atomic mass is 10.1. The number of benzene rings is 2. The summed E-state index contributed by atoms with van der Waals surface area (Å²) >= 11 is 0. The van der Waals surface area contributed by atoms with Crippen molar-refractivity contribution in [2.75, 3.05) is 11.9 Å². The molecular formula is C21H22N4O. The van der Waals surface area contributed by atoms with E-state index in [0.29, 0.717) is 0 Å². The number of nitrogens with one attached hydrogen (secondary N) is 1. The van der Waals surface area contributed by atoms with Crippen LogP contribution in [-0.2, 0) is 20.1 Å². The Bertz CT molecular complexity index is 1050. The lowest BCUT2D eigenvalue weighted by Crippen LogP contribution is -2.09. The second-order valence-corrected chi connectivity index (χ2v) is 6.45. The average Bonchev–Trinajstić information content (AvgIpc) is 3.00. The number of aryl methyl sites for hydroxylation is 2. The highest BCUT2D eigenvalue weighted by Gasteiger charge is 2.08. The molecule has 5 heteroatoms. The average molecular weight is 346 g/mol. The second kappa shape index (κ2) is 7.14. The van der Waals surface area contributed by atoms with Crippen molar-refractivity contribution in [1.82, 2.24) is 14.5 Å². The van der Waals surface area contributed by atoms with Crippen LogP contribution in [0, 0.1) is 0 Å². The minimum Gasteiger partial charge on any atom is -0.392 e. The normalized spacial score (nSPS) is 11.3. The van der Waals surface area contributed by atoms with E-state index in [9.17, 15) is 5.11 Å². The van der Waals surface area contributed by atoms with Gasteiger partial charge in [-0.1, -0.05) is 30.3 Å². The zero-order valence-corrected chi connectivity index (χ0v) is 14.8. The Morgan fingerprint density at radius 3 is 2.58 bits per heavy atom. The molecule has 4 aromatic rings. The smallest absolute Gasteiger partial charge is 0.132 e. The number of anilines is 1. The first-order valence-electron chi connectivity index (χ1n) is 8.90. The molecule has 0 amide bonds. The highest BCUT2D eigenvalue weighted by atomic mass is 16.3. The van der Waals surface area contributed by atoms with Gasteiger partial charge in [0.25, 0.3) is 0 Å². The van der Waals surface area contributed by atoms with Gasteiger partial charge >= 0.3 is 0 Å². The Balaban J connectivity index is 1.44. The Labute approximate surface area is 152 Å². The van der Waals surface area contributed by atoms with Crippen LogP contribution in [0.2, 0.25) is 0 Å². The fourth-order valence-electron chi connectivity index (χ4n) is 3.31. The Morgan fingerprint density at radius 1 is 1.00 bits per heavy atom. The van der Waals surface area contributed by atoms with E-state index >= 15 is 0 Å². The van der Waals surface area contributed by atoms with Gasteiger partial charge in [0.15, 0.2) is 0 Å². The van der Waals surface area contributed by atoms with Crippen LogP contribution in [0.25, 0.3) is 21.9 Å². The Kier molecular flexibility index (Phi) is 4.54. The zero-order valence-electron chi connectivity index (χ0n) is 14.8. The van der Waals surface area contributed by atoms with Gasteiger partial charge in [0.2, 0.25) is 0 Å². The van der Waals surface area contributed by atoms with Crippen molar-refractivity contribution in [2.45, 2.75) is 19.4 Å². The van der Waals surface area contributed by atoms with Crippen LogP contribution in [0.15, 0.2) is 54.6 Å². The van der Waals surface area contributed by atoms with Crippen molar-refractivity contribution in [3.05, 3.63) is 66.0 Å². The Hall–Kier alpha value is -2.92. The van der Waals surface area contributed by atoms with Crippen LogP contribution < -0.4 is 5.32 Å².